The first-order valence-electron chi connectivity index (χ1n) is 8.33. The van der Waals surface area contributed by atoms with Crippen molar-refractivity contribution in [2.45, 2.75) is 26.4 Å². The summed E-state index contributed by atoms with van der Waals surface area (Å²) in [6.07, 6.45) is 4.38. The van der Waals surface area contributed by atoms with E-state index >= 15 is 0 Å². The first-order valence-corrected chi connectivity index (χ1v) is 8.86. The molecule has 25 heavy (non-hydrogen) atoms. The lowest BCUT2D eigenvalue weighted by Crippen LogP contribution is -2.26. The molecule has 3 heterocycles. The van der Waals surface area contributed by atoms with Crippen molar-refractivity contribution in [1.82, 2.24) is 19.2 Å². The maximum atomic E-state index is 12.2. The second kappa shape index (κ2) is 6.41. The van der Waals surface area contributed by atoms with E-state index in [-0.39, 0.29) is 5.91 Å². The number of hydrogen-bond donors (Lipinski definition) is 0. The summed E-state index contributed by atoms with van der Waals surface area (Å²) in [6, 6.07) is 12.2. The molecule has 2 aromatic heterocycles. The van der Waals surface area contributed by atoms with Crippen molar-refractivity contribution in [3.63, 3.8) is 0 Å². The van der Waals surface area contributed by atoms with Crippen molar-refractivity contribution in [2.24, 2.45) is 0 Å². The number of carbonyl (C=O) groups is 1. The SMILES string of the molecule is Cc1ccccc1-n1nc2c(c1-n1cccc1)CN(C(=O)CCCl)C2. The minimum absolute atomic E-state index is 0.0777. The van der Waals surface area contributed by atoms with Crippen LogP contribution in [-0.2, 0) is 17.9 Å². The molecular weight excluding hydrogens is 336 g/mol. The fourth-order valence-electron chi connectivity index (χ4n) is 3.33. The zero-order valence-corrected chi connectivity index (χ0v) is 14.8. The topological polar surface area (TPSA) is 43.1 Å². The van der Waals surface area contributed by atoms with E-state index in [0.29, 0.717) is 25.4 Å². The Hall–Kier alpha value is -2.53. The van der Waals surface area contributed by atoms with Crippen molar-refractivity contribution < 1.29 is 4.79 Å². The van der Waals surface area contributed by atoms with Crippen molar-refractivity contribution in [3.05, 3.63) is 65.6 Å². The number of rotatable bonds is 4. The van der Waals surface area contributed by atoms with E-state index in [2.05, 4.69) is 23.6 Å². The predicted molar refractivity (Wildman–Crippen MR) is 97.2 cm³/mol. The van der Waals surface area contributed by atoms with E-state index in [1.807, 2.05) is 46.2 Å². The quantitative estimate of drug-likeness (QED) is 0.673. The Bertz CT molecular complexity index is 914. The molecular formula is C19H19ClN4O. The molecule has 0 atom stereocenters. The van der Waals surface area contributed by atoms with Gasteiger partial charge in [0.2, 0.25) is 5.91 Å². The Morgan fingerprint density at radius 2 is 1.92 bits per heavy atom. The molecule has 0 N–H and O–H groups in total. The Balaban J connectivity index is 1.81. The van der Waals surface area contributed by atoms with E-state index in [1.54, 1.807) is 0 Å². The predicted octanol–water partition coefficient (Wildman–Crippen LogP) is 3.44. The third kappa shape index (κ3) is 2.74. The average Bonchev–Trinajstić information content (AvgIpc) is 3.30. The molecule has 3 aromatic rings. The number of alkyl halides is 1. The summed E-state index contributed by atoms with van der Waals surface area (Å²) in [6.45, 7) is 3.19. The Labute approximate surface area is 151 Å². The van der Waals surface area contributed by atoms with Crippen LogP contribution in [0.15, 0.2) is 48.8 Å². The molecule has 1 aromatic carbocycles. The molecule has 0 fully saturated rings. The maximum absolute atomic E-state index is 12.2. The van der Waals surface area contributed by atoms with Gasteiger partial charge in [-0.15, -0.1) is 11.6 Å². The summed E-state index contributed by atoms with van der Waals surface area (Å²) in [5.41, 5.74) is 4.27. The fraction of sp³-hybridized carbons (Fsp3) is 0.263. The van der Waals surface area contributed by atoms with Gasteiger partial charge in [0.15, 0.2) is 0 Å². The highest BCUT2D eigenvalue weighted by Gasteiger charge is 2.31. The van der Waals surface area contributed by atoms with Crippen LogP contribution >= 0.6 is 11.6 Å². The zero-order valence-electron chi connectivity index (χ0n) is 14.0. The number of para-hydroxylation sites is 1. The van der Waals surface area contributed by atoms with Gasteiger partial charge in [0.1, 0.15) is 5.82 Å². The van der Waals surface area contributed by atoms with Crippen LogP contribution in [0.2, 0.25) is 0 Å². The molecule has 0 unspecified atom stereocenters. The number of nitrogens with zero attached hydrogens (tertiary/aromatic N) is 4. The monoisotopic (exact) mass is 354 g/mol. The molecule has 128 valence electrons. The molecule has 4 rings (SSSR count). The number of hydrogen-bond acceptors (Lipinski definition) is 2. The minimum atomic E-state index is 0.0777. The molecule has 0 saturated heterocycles. The molecule has 1 aliphatic heterocycles. The molecule has 0 radical (unpaired) electrons. The molecule has 1 amide bonds. The summed E-state index contributed by atoms with van der Waals surface area (Å²) in [5.74, 6) is 1.42. The first-order chi connectivity index (χ1) is 12.2. The molecule has 0 saturated carbocycles. The third-order valence-electron chi connectivity index (χ3n) is 4.58. The maximum Gasteiger partial charge on any atom is 0.224 e. The van der Waals surface area contributed by atoms with Gasteiger partial charge in [0.05, 0.1) is 24.5 Å². The van der Waals surface area contributed by atoms with Crippen LogP contribution in [0.1, 0.15) is 23.2 Å². The summed E-state index contributed by atoms with van der Waals surface area (Å²) in [4.78, 5) is 14.0. The van der Waals surface area contributed by atoms with Gasteiger partial charge in [0, 0.05) is 30.3 Å². The first kappa shape index (κ1) is 16.0. The van der Waals surface area contributed by atoms with Crippen molar-refractivity contribution in [1.29, 1.82) is 0 Å². The van der Waals surface area contributed by atoms with Crippen LogP contribution in [0.25, 0.3) is 11.5 Å². The normalized spacial score (nSPS) is 13.3. The highest BCUT2D eigenvalue weighted by molar-refractivity contribution is 6.18. The smallest absolute Gasteiger partial charge is 0.224 e. The van der Waals surface area contributed by atoms with Gasteiger partial charge in [-0.25, -0.2) is 4.68 Å². The molecule has 0 aliphatic carbocycles. The van der Waals surface area contributed by atoms with Crippen LogP contribution in [-0.4, -0.2) is 31.0 Å². The Morgan fingerprint density at radius 1 is 1.16 bits per heavy atom. The number of fused-ring (bicyclic) bond motifs is 1. The number of amides is 1. The summed E-state index contributed by atoms with van der Waals surface area (Å²) in [5, 5.41) is 4.84. The Kier molecular flexibility index (Phi) is 4.09. The number of aromatic nitrogens is 3. The molecule has 5 nitrogen and oxygen atoms in total. The van der Waals surface area contributed by atoms with E-state index in [4.69, 9.17) is 16.7 Å². The number of benzene rings is 1. The van der Waals surface area contributed by atoms with Crippen molar-refractivity contribution >= 4 is 17.5 Å². The van der Waals surface area contributed by atoms with Gasteiger partial charge < -0.3 is 9.47 Å². The van der Waals surface area contributed by atoms with Crippen LogP contribution in [0, 0.1) is 6.92 Å². The number of aryl methyl sites for hydroxylation is 1. The van der Waals surface area contributed by atoms with Gasteiger partial charge in [0.25, 0.3) is 0 Å². The Morgan fingerprint density at radius 3 is 2.64 bits per heavy atom. The highest BCUT2D eigenvalue weighted by atomic mass is 35.5. The molecule has 1 aliphatic rings. The second-order valence-corrected chi connectivity index (χ2v) is 6.60. The minimum Gasteiger partial charge on any atom is -0.332 e. The summed E-state index contributed by atoms with van der Waals surface area (Å²) >= 11 is 5.72. The van der Waals surface area contributed by atoms with Crippen molar-refractivity contribution in [3.8, 4) is 11.5 Å². The van der Waals surface area contributed by atoms with Gasteiger partial charge in [-0.2, -0.15) is 5.10 Å². The van der Waals surface area contributed by atoms with Gasteiger partial charge >= 0.3 is 0 Å². The average molecular weight is 355 g/mol. The van der Waals surface area contributed by atoms with Gasteiger partial charge in [-0.05, 0) is 30.7 Å². The van der Waals surface area contributed by atoms with E-state index in [1.165, 1.54) is 0 Å². The third-order valence-corrected chi connectivity index (χ3v) is 4.77. The van der Waals surface area contributed by atoms with E-state index in [9.17, 15) is 4.79 Å². The fourth-order valence-corrected chi connectivity index (χ4v) is 3.49. The van der Waals surface area contributed by atoms with Crippen LogP contribution in [0.3, 0.4) is 0 Å². The summed E-state index contributed by atoms with van der Waals surface area (Å²) in [7, 11) is 0. The highest BCUT2D eigenvalue weighted by Crippen LogP contribution is 2.31. The number of halogens is 1. The second-order valence-electron chi connectivity index (χ2n) is 6.23. The zero-order chi connectivity index (χ0) is 17.4. The van der Waals surface area contributed by atoms with Crippen molar-refractivity contribution in [2.75, 3.05) is 5.88 Å². The standard InChI is InChI=1S/C19H19ClN4O/c1-14-6-2-3-7-17(14)24-19(22-10-4-5-11-22)15-12-23(13-16(15)21-24)18(25)8-9-20/h2-7,10-11H,8-9,12-13H2,1H3. The molecule has 0 spiro atoms. The van der Waals surface area contributed by atoms with E-state index in [0.717, 1.165) is 28.3 Å². The lowest BCUT2D eigenvalue weighted by Gasteiger charge is -2.17. The molecule has 0 bridgehead atoms. The van der Waals surface area contributed by atoms with Gasteiger partial charge in [-0.3, -0.25) is 4.79 Å². The van der Waals surface area contributed by atoms with Crippen LogP contribution in [0.4, 0.5) is 0 Å². The largest absolute Gasteiger partial charge is 0.332 e. The van der Waals surface area contributed by atoms with Gasteiger partial charge in [-0.1, -0.05) is 18.2 Å². The summed E-state index contributed by atoms with van der Waals surface area (Å²) < 4.78 is 4.05. The van der Waals surface area contributed by atoms with Crippen LogP contribution < -0.4 is 0 Å². The molecule has 6 heteroatoms. The lowest BCUT2D eigenvalue weighted by molar-refractivity contribution is -0.131. The lowest BCUT2D eigenvalue weighted by atomic mass is 10.2. The number of carbonyl (C=O) groups excluding carboxylic acids is 1. The van der Waals surface area contributed by atoms with E-state index < -0.39 is 0 Å². The van der Waals surface area contributed by atoms with Crippen LogP contribution in [0.5, 0.6) is 0 Å².